The fourth-order valence-corrected chi connectivity index (χ4v) is 2.69. The van der Waals surface area contributed by atoms with Crippen molar-refractivity contribution in [1.82, 2.24) is 0 Å². The van der Waals surface area contributed by atoms with Gasteiger partial charge in [-0.2, -0.15) is 0 Å². The van der Waals surface area contributed by atoms with E-state index in [4.69, 9.17) is 9.47 Å². The molecule has 0 bridgehead atoms. The SMILES string of the molecule is COc1ccc(C(=O)Oc2cc(C)cc(C)c2)cc1I. The lowest BCUT2D eigenvalue weighted by molar-refractivity contribution is 0.0734. The van der Waals surface area contributed by atoms with Crippen LogP contribution in [0.4, 0.5) is 0 Å². The van der Waals surface area contributed by atoms with Crippen LogP contribution < -0.4 is 9.47 Å². The van der Waals surface area contributed by atoms with Gasteiger partial charge in [-0.15, -0.1) is 0 Å². The third-order valence-electron chi connectivity index (χ3n) is 2.79. The first kappa shape index (κ1) is 14.8. The molecule has 20 heavy (non-hydrogen) atoms. The summed E-state index contributed by atoms with van der Waals surface area (Å²) in [6.45, 7) is 3.95. The Morgan fingerprint density at radius 1 is 1.05 bits per heavy atom. The lowest BCUT2D eigenvalue weighted by atomic mass is 10.1. The van der Waals surface area contributed by atoms with Gasteiger partial charge in [0.2, 0.25) is 0 Å². The molecular weight excluding hydrogens is 367 g/mol. The largest absolute Gasteiger partial charge is 0.496 e. The summed E-state index contributed by atoms with van der Waals surface area (Å²) in [6.07, 6.45) is 0. The van der Waals surface area contributed by atoms with E-state index in [9.17, 15) is 4.79 Å². The average Bonchev–Trinajstić information content (AvgIpc) is 2.37. The molecule has 2 rings (SSSR count). The van der Waals surface area contributed by atoms with Crippen LogP contribution in [0.1, 0.15) is 21.5 Å². The molecule has 0 aliphatic carbocycles. The third-order valence-corrected chi connectivity index (χ3v) is 3.64. The minimum atomic E-state index is -0.365. The van der Waals surface area contributed by atoms with Crippen molar-refractivity contribution in [3.05, 3.63) is 56.7 Å². The van der Waals surface area contributed by atoms with Crippen LogP contribution in [0, 0.1) is 17.4 Å². The molecule has 3 nitrogen and oxygen atoms in total. The van der Waals surface area contributed by atoms with Crippen LogP contribution in [-0.4, -0.2) is 13.1 Å². The van der Waals surface area contributed by atoms with Crippen molar-refractivity contribution >= 4 is 28.6 Å². The van der Waals surface area contributed by atoms with Crippen molar-refractivity contribution < 1.29 is 14.3 Å². The Balaban J connectivity index is 2.21. The zero-order valence-corrected chi connectivity index (χ0v) is 13.7. The lowest BCUT2D eigenvalue weighted by Crippen LogP contribution is -2.09. The van der Waals surface area contributed by atoms with E-state index in [0.717, 1.165) is 20.4 Å². The third kappa shape index (κ3) is 3.50. The number of benzene rings is 2. The van der Waals surface area contributed by atoms with Gasteiger partial charge in [-0.1, -0.05) is 6.07 Å². The Labute approximate surface area is 132 Å². The number of esters is 1. The maximum Gasteiger partial charge on any atom is 0.343 e. The molecule has 0 atom stereocenters. The van der Waals surface area contributed by atoms with Crippen LogP contribution in [0.3, 0.4) is 0 Å². The number of methoxy groups -OCH3 is 1. The molecule has 2 aromatic carbocycles. The summed E-state index contributed by atoms with van der Waals surface area (Å²) in [4.78, 5) is 12.1. The smallest absolute Gasteiger partial charge is 0.343 e. The molecule has 0 amide bonds. The van der Waals surface area contributed by atoms with Gasteiger partial charge >= 0.3 is 5.97 Å². The number of rotatable bonds is 3. The Hall–Kier alpha value is -1.56. The molecule has 4 heteroatoms. The Kier molecular flexibility index (Phi) is 4.65. The minimum absolute atomic E-state index is 0.365. The maximum atomic E-state index is 12.1. The van der Waals surface area contributed by atoms with Gasteiger partial charge in [-0.05, 0) is 77.9 Å². The molecule has 0 aliphatic heterocycles. The van der Waals surface area contributed by atoms with Crippen LogP contribution in [-0.2, 0) is 0 Å². The summed E-state index contributed by atoms with van der Waals surface area (Å²) < 4.78 is 11.5. The normalized spacial score (nSPS) is 10.2. The van der Waals surface area contributed by atoms with Crippen LogP contribution in [0.2, 0.25) is 0 Å². The lowest BCUT2D eigenvalue weighted by Gasteiger charge is -2.08. The van der Waals surface area contributed by atoms with Crippen molar-refractivity contribution in [3.63, 3.8) is 0 Å². The summed E-state index contributed by atoms with van der Waals surface area (Å²) in [5, 5.41) is 0. The number of hydrogen-bond acceptors (Lipinski definition) is 3. The molecule has 0 radical (unpaired) electrons. The van der Waals surface area contributed by atoms with Crippen molar-refractivity contribution in [2.45, 2.75) is 13.8 Å². The molecule has 0 aliphatic rings. The minimum Gasteiger partial charge on any atom is -0.496 e. The Bertz CT molecular complexity index is 630. The number of ether oxygens (including phenoxy) is 2. The van der Waals surface area contributed by atoms with E-state index in [1.54, 1.807) is 25.3 Å². The van der Waals surface area contributed by atoms with Gasteiger partial charge in [0.25, 0.3) is 0 Å². The van der Waals surface area contributed by atoms with E-state index in [1.807, 2.05) is 32.0 Å². The van der Waals surface area contributed by atoms with Gasteiger partial charge in [0, 0.05) is 0 Å². The summed E-state index contributed by atoms with van der Waals surface area (Å²) in [6, 6.07) is 10.9. The van der Waals surface area contributed by atoms with Crippen LogP contribution >= 0.6 is 22.6 Å². The van der Waals surface area contributed by atoms with Gasteiger partial charge in [-0.25, -0.2) is 4.79 Å². The molecule has 0 N–H and O–H groups in total. The van der Waals surface area contributed by atoms with Crippen molar-refractivity contribution in [1.29, 1.82) is 0 Å². The summed E-state index contributed by atoms with van der Waals surface area (Å²) >= 11 is 2.13. The molecule has 2 aromatic rings. The molecule has 0 saturated carbocycles. The first-order valence-corrected chi connectivity index (χ1v) is 7.21. The van der Waals surface area contributed by atoms with Crippen LogP contribution in [0.5, 0.6) is 11.5 Å². The number of carbonyl (C=O) groups is 1. The molecule has 0 heterocycles. The highest BCUT2D eigenvalue weighted by Crippen LogP contribution is 2.23. The second-order valence-electron chi connectivity index (χ2n) is 4.56. The van der Waals surface area contributed by atoms with Gasteiger partial charge < -0.3 is 9.47 Å². The summed E-state index contributed by atoms with van der Waals surface area (Å²) in [5.41, 5.74) is 2.64. The van der Waals surface area contributed by atoms with Crippen LogP contribution in [0.25, 0.3) is 0 Å². The van der Waals surface area contributed by atoms with E-state index in [-0.39, 0.29) is 5.97 Å². The van der Waals surface area contributed by atoms with E-state index >= 15 is 0 Å². The number of aryl methyl sites for hydroxylation is 2. The summed E-state index contributed by atoms with van der Waals surface area (Å²) in [7, 11) is 1.60. The standard InChI is InChI=1S/C16H15IO3/c1-10-6-11(2)8-13(7-10)20-16(18)12-4-5-15(19-3)14(17)9-12/h4-9H,1-3H3. The fourth-order valence-electron chi connectivity index (χ4n) is 1.95. The van der Waals surface area contributed by atoms with Gasteiger partial charge in [-0.3, -0.25) is 0 Å². The Morgan fingerprint density at radius 2 is 1.70 bits per heavy atom. The van der Waals surface area contributed by atoms with E-state index in [2.05, 4.69) is 22.6 Å². The topological polar surface area (TPSA) is 35.5 Å². The number of halogens is 1. The maximum absolute atomic E-state index is 12.1. The highest BCUT2D eigenvalue weighted by molar-refractivity contribution is 14.1. The Morgan fingerprint density at radius 3 is 2.25 bits per heavy atom. The zero-order valence-electron chi connectivity index (χ0n) is 11.6. The molecule has 0 unspecified atom stereocenters. The zero-order chi connectivity index (χ0) is 14.7. The fraction of sp³-hybridized carbons (Fsp3) is 0.188. The molecule has 104 valence electrons. The first-order chi connectivity index (χ1) is 9.49. The molecule has 0 aromatic heterocycles. The number of carbonyl (C=O) groups excluding carboxylic acids is 1. The predicted molar refractivity (Wildman–Crippen MR) is 86.6 cm³/mol. The highest BCUT2D eigenvalue weighted by atomic mass is 127. The predicted octanol–water partition coefficient (Wildman–Crippen LogP) is 4.14. The van der Waals surface area contributed by atoms with Crippen LogP contribution in [0.15, 0.2) is 36.4 Å². The van der Waals surface area contributed by atoms with E-state index in [1.165, 1.54) is 0 Å². The van der Waals surface area contributed by atoms with E-state index in [0.29, 0.717) is 11.3 Å². The molecule has 0 fully saturated rings. The van der Waals surface area contributed by atoms with Crippen molar-refractivity contribution in [2.24, 2.45) is 0 Å². The second-order valence-corrected chi connectivity index (χ2v) is 5.72. The molecule has 0 spiro atoms. The van der Waals surface area contributed by atoms with Gasteiger partial charge in [0.15, 0.2) is 0 Å². The molecule has 0 saturated heterocycles. The van der Waals surface area contributed by atoms with Gasteiger partial charge in [0.05, 0.1) is 16.2 Å². The first-order valence-electron chi connectivity index (χ1n) is 6.13. The quantitative estimate of drug-likeness (QED) is 0.455. The summed E-state index contributed by atoms with van der Waals surface area (Å²) in [5.74, 6) is 0.947. The van der Waals surface area contributed by atoms with Crippen molar-refractivity contribution in [2.75, 3.05) is 7.11 Å². The van der Waals surface area contributed by atoms with Gasteiger partial charge in [0.1, 0.15) is 11.5 Å². The number of hydrogen-bond donors (Lipinski definition) is 0. The average molecular weight is 382 g/mol. The van der Waals surface area contributed by atoms with E-state index < -0.39 is 0 Å². The monoisotopic (exact) mass is 382 g/mol. The molecular formula is C16H15IO3. The second kappa shape index (κ2) is 6.26. The highest BCUT2D eigenvalue weighted by Gasteiger charge is 2.11. The van der Waals surface area contributed by atoms with Crippen molar-refractivity contribution in [3.8, 4) is 11.5 Å².